The van der Waals surface area contributed by atoms with Gasteiger partial charge in [-0.2, -0.15) is 5.10 Å². The molecule has 1 spiro atoms. The first-order valence-corrected chi connectivity index (χ1v) is 7.25. The molecule has 0 saturated carbocycles. The van der Waals surface area contributed by atoms with Crippen LogP contribution in [-0.2, 0) is 13.1 Å². The number of hydrogen-bond acceptors (Lipinski definition) is 3. The highest BCUT2D eigenvalue weighted by Gasteiger charge is 2.38. The molecule has 0 unspecified atom stereocenters. The third-order valence-corrected chi connectivity index (χ3v) is 4.67. The van der Waals surface area contributed by atoms with E-state index >= 15 is 0 Å². The number of nitrogens with zero attached hydrogens (tertiary/aromatic N) is 3. The Morgan fingerprint density at radius 1 is 1.32 bits per heavy atom. The van der Waals surface area contributed by atoms with Crippen molar-refractivity contribution in [2.75, 3.05) is 26.2 Å². The lowest BCUT2D eigenvalue weighted by atomic mass is 9.78. The van der Waals surface area contributed by atoms with Crippen molar-refractivity contribution in [3.8, 4) is 0 Å². The highest BCUT2D eigenvalue weighted by atomic mass is 35.5. The predicted molar refractivity (Wildman–Crippen MR) is 79.6 cm³/mol. The number of likely N-dealkylation sites (tertiary alicyclic amines) is 1. The number of nitrogens with one attached hydrogen (secondary N) is 1. The van der Waals surface area contributed by atoms with Crippen LogP contribution in [0, 0.1) is 5.41 Å². The number of piperidine rings is 1. The van der Waals surface area contributed by atoms with Gasteiger partial charge in [0.05, 0.1) is 5.69 Å². The molecule has 2 aliphatic rings. The van der Waals surface area contributed by atoms with Crippen molar-refractivity contribution < 1.29 is 0 Å². The second-order valence-electron chi connectivity index (χ2n) is 5.85. The lowest BCUT2D eigenvalue weighted by molar-refractivity contribution is 0.192. The number of hydrogen-bond donors (Lipinski definition) is 1. The zero-order valence-corrected chi connectivity index (χ0v) is 12.6. The van der Waals surface area contributed by atoms with Gasteiger partial charge < -0.3 is 5.32 Å². The molecule has 19 heavy (non-hydrogen) atoms. The Morgan fingerprint density at radius 3 is 2.84 bits per heavy atom. The number of rotatable bonds is 3. The van der Waals surface area contributed by atoms with Gasteiger partial charge in [-0.05, 0) is 57.3 Å². The summed E-state index contributed by atoms with van der Waals surface area (Å²) in [5.74, 6) is 0. The molecule has 4 nitrogen and oxygen atoms in total. The first-order valence-electron chi connectivity index (χ1n) is 7.25. The van der Waals surface area contributed by atoms with Crippen LogP contribution in [0.4, 0.5) is 0 Å². The molecule has 108 valence electrons. The summed E-state index contributed by atoms with van der Waals surface area (Å²) in [6, 6.07) is 2.16. The fraction of sp³-hybridized carbons (Fsp3) is 0.786. The van der Waals surface area contributed by atoms with E-state index in [2.05, 4.69) is 33.0 Å². The molecule has 0 amide bonds. The number of halogens is 1. The summed E-state index contributed by atoms with van der Waals surface area (Å²) in [4.78, 5) is 2.62. The maximum atomic E-state index is 4.36. The molecule has 2 aliphatic heterocycles. The molecule has 3 rings (SSSR count). The van der Waals surface area contributed by atoms with Crippen molar-refractivity contribution >= 4 is 12.4 Å². The zero-order chi connectivity index (χ0) is 12.4. The maximum Gasteiger partial charge on any atom is 0.0524 e. The van der Waals surface area contributed by atoms with Crippen molar-refractivity contribution in [2.45, 2.75) is 39.3 Å². The summed E-state index contributed by atoms with van der Waals surface area (Å²) in [7, 11) is 0. The van der Waals surface area contributed by atoms with Crippen molar-refractivity contribution in [3.05, 3.63) is 18.0 Å². The first-order chi connectivity index (χ1) is 8.81. The van der Waals surface area contributed by atoms with Crippen LogP contribution in [0.15, 0.2) is 12.3 Å². The predicted octanol–water partition coefficient (Wildman–Crippen LogP) is 1.90. The van der Waals surface area contributed by atoms with Gasteiger partial charge >= 0.3 is 0 Å². The van der Waals surface area contributed by atoms with Crippen LogP contribution in [0.1, 0.15) is 31.9 Å². The summed E-state index contributed by atoms with van der Waals surface area (Å²) in [6.45, 7) is 9.17. The Hall–Kier alpha value is -0.580. The van der Waals surface area contributed by atoms with Gasteiger partial charge in [0, 0.05) is 25.8 Å². The van der Waals surface area contributed by atoms with Crippen molar-refractivity contribution in [1.29, 1.82) is 0 Å². The van der Waals surface area contributed by atoms with E-state index in [1.807, 2.05) is 6.20 Å². The Kier molecular flexibility index (Phi) is 4.87. The summed E-state index contributed by atoms with van der Waals surface area (Å²) in [5.41, 5.74) is 1.98. The number of aromatic nitrogens is 2. The lowest BCUT2D eigenvalue weighted by Gasteiger charge is -2.33. The van der Waals surface area contributed by atoms with Crippen LogP contribution in [0.5, 0.6) is 0 Å². The van der Waals surface area contributed by atoms with Gasteiger partial charge in [0.1, 0.15) is 0 Å². The summed E-state index contributed by atoms with van der Waals surface area (Å²) >= 11 is 0. The molecule has 0 atom stereocenters. The van der Waals surface area contributed by atoms with E-state index in [0.717, 1.165) is 13.1 Å². The van der Waals surface area contributed by atoms with Gasteiger partial charge in [-0.15, -0.1) is 12.4 Å². The van der Waals surface area contributed by atoms with E-state index in [9.17, 15) is 0 Å². The van der Waals surface area contributed by atoms with Gasteiger partial charge in [0.15, 0.2) is 0 Å². The van der Waals surface area contributed by atoms with Crippen LogP contribution in [0.3, 0.4) is 0 Å². The highest BCUT2D eigenvalue weighted by molar-refractivity contribution is 5.85. The minimum absolute atomic E-state index is 0. The van der Waals surface area contributed by atoms with E-state index in [0.29, 0.717) is 5.41 Å². The van der Waals surface area contributed by atoms with Crippen LogP contribution >= 0.6 is 12.4 Å². The minimum atomic E-state index is 0. The minimum Gasteiger partial charge on any atom is -0.317 e. The Balaban J connectivity index is 0.00000133. The van der Waals surface area contributed by atoms with E-state index < -0.39 is 0 Å². The third-order valence-electron chi connectivity index (χ3n) is 4.67. The monoisotopic (exact) mass is 284 g/mol. The molecular weight excluding hydrogens is 260 g/mol. The second kappa shape index (κ2) is 6.25. The molecule has 5 heteroatoms. The molecule has 1 aromatic heterocycles. The van der Waals surface area contributed by atoms with Gasteiger partial charge in [0.25, 0.3) is 0 Å². The van der Waals surface area contributed by atoms with Crippen LogP contribution in [0.25, 0.3) is 0 Å². The third kappa shape index (κ3) is 3.12. The van der Waals surface area contributed by atoms with Gasteiger partial charge in [-0.25, -0.2) is 0 Å². The average molecular weight is 285 g/mol. The molecule has 2 fully saturated rings. The van der Waals surface area contributed by atoms with E-state index in [4.69, 9.17) is 0 Å². The van der Waals surface area contributed by atoms with E-state index in [1.54, 1.807) is 0 Å². The molecule has 2 saturated heterocycles. The molecular formula is C14H25ClN4. The molecule has 1 N–H and O–H groups in total. The Morgan fingerprint density at radius 2 is 2.11 bits per heavy atom. The smallest absolute Gasteiger partial charge is 0.0524 e. The molecule has 0 radical (unpaired) electrons. The topological polar surface area (TPSA) is 33.1 Å². The van der Waals surface area contributed by atoms with E-state index in [1.165, 1.54) is 51.1 Å². The SMILES string of the molecule is CCn1nccc1CN1CCC2(CCNCC2)C1.Cl. The van der Waals surface area contributed by atoms with Crippen LogP contribution < -0.4 is 5.32 Å². The largest absolute Gasteiger partial charge is 0.317 e. The van der Waals surface area contributed by atoms with Gasteiger partial charge in [-0.3, -0.25) is 9.58 Å². The van der Waals surface area contributed by atoms with Crippen LogP contribution in [-0.4, -0.2) is 40.9 Å². The molecule has 1 aromatic rings. The molecule has 0 aromatic carbocycles. The standard InChI is InChI=1S/C14H24N4.ClH/c1-2-18-13(3-7-16-18)11-17-10-6-14(12-17)4-8-15-9-5-14;/h3,7,15H,2,4-6,8-12H2,1H3;1H. The molecule has 0 aliphatic carbocycles. The summed E-state index contributed by atoms with van der Waals surface area (Å²) < 4.78 is 2.12. The second-order valence-corrected chi connectivity index (χ2v) is 5.85. The zero-order valence-electron chi connectivity index (χ0n) is 11.8. The fourth-order valence-electron chi connectivity index (χ4n) is 3.54. The maximum absolute atomic E-state index is 4.36. The molecule has 0 bridgehead atoms. The average Bonchev–Trinajstić information content (AvgIpc) is 2.99. The van der Waals surface area contributed by atoms with Crippen molar-refractivity contribution in [1.82, 2.24) is 20.0 Å². The van der Waals surface area contributed by atoms with Gasteiger partial charge in [0.2, 0.25) is 0 Å². The highest BCUT2D eigenvalue weighted by Crippen LogP contribution is 2.38. The van der Waals surface area contributed by atoms with Crippen molar-refractivity contribution in [3.63, 3.8) is 0 Å². The summed E-state index contributed by atoms with van der Waals surface area (Å²) in [5, 5.41) is 7.84. The number of aryl methyl sites for hydroxylation is 1. The lowest BCUT2D eigenvalue weighted by Crippen LogP contribution is -2.38. The summed E-state index contributed by atoms with van der Waals surface area (Å²) in [6.07, 6.45) is 6.03. The molecule has 3 heterocycles. The normalized spacial score (nSPS) is 22.6. The van der Waals surface area contributed by atoms with E-state index in [-0.39, 0.29) is 12.4 Å². The van der Waals surface area contributed by atoms with Crippen LogP contribution in [0.2, 0.25) is 0 Å². The quantitative estimate of drug-likeness (QED) is 0.920. The first kappa shape index (κ1) is 14.8. The Bertz CT molecular complexity index is 398. The van der Waals surface area contributed by atoms with Gasteiger partial charge in [-0.1, -0.05) is 0 Å². The Labute approximate surface area is 122 Å². The van der Waals surface area contributed by atoms with Crippen molar-refractivity contribution in [2.24, 2.45) is 5.41 Å². The fourth-order valence-corrected chi connectivity index (χ4v) is 3.54.